The lowest BCUT2D eigenvalue weighted by Crippen LogP contribution is -2.04. The second-order valence-electron chi connectivity index (χ2n) is 2.20. The molecule has 0 aliphatic rings. The maximum atomic E-state index is 4.17. The predicted octanol–water partition coefficient (Wildman–Crippen LogP) is 2.10. The molecule has 0 spiro atoms. The Morgan fingerprint density at radius 3 is 2.55 bits per heavy atom. The highest BCUT2D eigenvalue weighted by Gasteiger charge is 1.93. The van der Waals surface area contributed by atoms with Crippen LogP contribution >= 0.6 is 0 Å². The number of nitrogens with one attached hydrogen (secondary N) is 1. The van der Waals surface area contributed by atoms with Crippen LogP contribution in [0.15, 0.2) is 29.0 Å². The molecule has 11 heavy (non-hydrogen) atoms. The van der Waals surface area contributed by atoms with Gasteiger partial charge in [-0.15, -0.1) is 0 Å². The monoisotopic (exact) mass is 152 g/mol. The van der Waals surface area contributed by atoms with Gasteiger partial charge in [-0.05, 0) is 13.8 Å². The number of allylic oxidation sites excluding steroid dienone is 1. The Balaban J connectivity index is 4.00. The number of nitrogens with zero attached hydrogens (tertiary/aromatic N) is 1. The fourth-order valence-corrected chi connectivity index (χ4v) is 0.695. The van der Waals surface area contributed by atoms with E-state index in [0.29, 0.717) is 0 Å². The van der Waals surface area contributed by atoms with Gasteiger partial charge < -0.3 is 5.32 Å². The van der Waals surface area contributed by atoms with Crippen LogP contribution in [0.1, 0.15) is 20.3 Å². The molecule has 0 saturated carbocycles. The van der Waals surface area contributed by atoms with E-state index in [4.69, 9.17) is 0 Å². The molecule has 0 heterocycles. The average Bonchev–Trinajstić information content (AvgIpc) is 2.03. The van der Waals surface area contributed by atoms with Crippen molar-refractivity contribution in [1.29, 1.82) is 0 Å². The molecular weight excluding hydrogens is 136 g/mol. The molecule has 0 atom stereocenters. The zero-order chi connectivity index (χ0) is 8.69. The molecule has 0 aromatic heterocycles. The average molecular weight is 152 g/mol. The summed E-state index contributed by atoms with van der Waals surface area (Å²) < 4.78 is 0. The molecule has 0 saturated heterocycles. The van der Waals surface area contributed by atoms with E-state index in [1.807, 2.05) is 27.0 Å². The Morgan fingerprint density at radius 2 is 2.18 bits per heavy atom. The van der Waals surface area contributed by atoms with E-state index in [9.17, 15) is 0 Å². The van der Waals surface area contributed by atoms with Crippen LogP contribution in [0.5, 0.6) is 0 Å². The fraction of sp³-hybridized carbons (Fsp3) is 0.444. The first-order chi connectivity index (χ1) is 5.24. The van der Waals surface area contributed by atoms with Gasteiger partial charge in [-0.1, -0.05) is 12.7 Å². The van der Waals surface area contributed by atoms with Crippen LogP contribution in [0, 0.1) is 0 Å². The third kappa shape index (κ3) is 4.37. The van der Waals surface area contributed by atoms with Crippen molar-refractivity contribution in [3.63, 3.8) is 0 Å². The summed E-state index contributed by atoms with van der Waals surface area (Å²) in [5, 5.41) is 2.98. The molecular formula is C9H16N2. The van der Waals surface area contributed by atoms with Gasteiger partial charge in [0.15, 0.2) is 0 Å². The van der Waals surface area contributed by atoms with Gasteiger partial charge in [-0.3, -0.25) is 4.99 Å². The van der Waals surface area contributed by atoms with Gasteiger partial charge in [0.1, 0.15) is 0 Å². The molecule has 0 radical (unpaired) electrons. The van der Waals surface area contributed by atoms with Crippen LogP contribution < -0.4 is 5.32 Å². The molecule has 2 heteroatoms. The third-order valence-electron chi connectivity index (χ3n) is 1.38. The van der Waals surface area contributed by atoms with Crippen LogP contribution in [0.2, 0.25) is 0 Å². The SMILES string of the molecule is C=C(CC(=C/C)/N=C\C)NC. The van der Waals surface area contributed by atoms with Gasteiger partial charge in [0.05, 0.1) is 0 Å². The molecule has 0 rings (SSSR count). The summed E-state index contributed by atoms with van der Waals surface area (Å²) in [5.74, 6) is 0. The Kier molecular flexibility index (Phi) is 5.17. The van der Waals surface area contributed by atoms with Crippen molar-refractivity contribution in [3.8, 4) is 0 Å². The van der Waals surface area contributed by atoms with Crippen molar-refractivity contribution < 1.29 is 0 Å². The summed E-state index contributed by atoms with van der Waals surface area (Å²) in [6.45, 7) is 7.70. The number of hydrogen-bond acceptors (Lipinski definition) is 2. The Hall–Kier alpha value is -1.05. The van der Waals surface area contributed by atoms with Crippen molar-refractivity contribution in [2.75, 3.05) is 7.05 Å². The second kappa shape index (κ2) is 5.71. The van der Waals surface area contributed by atoms with E-state index < -0.39 is 0 Å². The lowest BCUT2D eigenvalue weighted by molar-refractivity contribution is 0.911. The van der Waals surface area contributed by atoms with E-state index in [1.165, 1.54) is 0 Å². The quantitative estimate of drug-likeness (QED) is 0.613. The highest BCUT2D eigenvalue weighted by molar-refractivity contribution is 5.55. The molecule has 62 valence electrons. The topological polar surface area (TPSA) is 24.4 Å². The maximum absolute atomic E-state index is 4.17. The van der Waals surface area contributed by atoms with Crippen LogP contribution in [0.25, 0.3) is 0 Å². The highest BCUT2D eigenvalue weighted by Crippen LogP contribution is 2.06. The molecule has 0 unspecified atom stereocenters. The van der Waals surface area contributed by atoms with Gasteiger partial charge in [-0.25, -0.2) is 0 Å². The summed E-state index contributed by atoms with van der Waals surface area (Å²) in [6.07, 6.45) is 4.58. The molecule has 1 N–H and O–H groups in total. The Labute approximate surface area is 68.7 Å². The minimum atomic E-state index is 0.803. The third-order valence-corrected chi connectivity index (χ3v) is 1.38. The number of aliphatic imine (C=N–C) groups is 1. The van der Waals surface area contributed by atoms with Gasteiger partial charge in [0.25, 0.3) is 0 Å². The first-order valence-corrected chi connectivity index (χ1v) is 3.74. The predicted molar refractivity (Wildman–Crippen MR) is 50.7 cm³/mol. The van der Waals surface area contributed by atoms with E-state index in [1.54, 1.807) is 6.21 Å². The zero-order valence-corrected chi connectivity index (χ0v) is 7.52. The van der Waals surface area contributed by atoms with Crippen LogP contribution in [0.4, 0.5) is 0 Å². The summed E-state index contributed by atoms with van der Waals surface area (Å²) in [7, 11) is 1.87. The van der Waals surface area contributed by atoms with Crippen molar-refractivity contribution in [3.05, 3.63) is 24.0 Å². The minimum Gasteiger partial charge on any atom is -0.392 e. The molecule has 0 bridgehead atoms. The van der Waals surface area contributed by atoms with Gasteiger partial charge >= 0.3 is 0 Å². The lowest BCUT2D eigenvalue weighted by Gasteiger charge is -2.03. The van der Waals surface area contributed by atoms with Crippen LogP contribution in [-0.2, 0) is 0 Å². The standard InChI is InChI=1S/C9H16N2/c1-5-9(11-6-2)7-8(3)10-4/h5-6,10H,3,7H2,1-2,4H3/b9-5-,11-6-. The van der Waals surface area contributed by atoms with Crippen LogP contribution in [0.3, 0.4) is 0 Å². The van der Waals surface area contributed by atoms with E-state index in [2.05, 4.69) is 16.9 Å². The highest BCUT2D eigenvalue weighted by atomic mass is 14.8. The number of hydrogen-bond donors (Lipinski definition) is 1. The van der Waals surface area contributed by atoms with Gasteiger partial charge in [0, 0.05) is 31.1 Å². The second-order valence-corrected chi connectivity index (χ2v) is 2.20. The van der Waals surface area contributed by atoms with Crippen LogP contribution in [-0.4, -0.2) is 13.3 Å². The minimum absolute atomic E-state index is 0.803. The van der Waals surface area contributed by atoms with Crippen molar-refractivity contribution in [2.45, 2.75) is 20.3 Å². The summed E-state index contributed by atoms with van der Waals surface area (Å²) >= 11 is 0. The maximum Gasteiger partial charge on any atom is 0.0415 e. The molecule has 0 aromatic rings. The van der Waals surface area contributed by atoms with Crippen molar-refractivity contribution >= 4 is 6.21 Å². The molecule has 0 aliphatic carbocycles. The van der Waals surface area contributed by atoms with Crippen molar-refractivity contribution in [2.24, 2.45) is 4.99 Å². The summed E-state index contributed by atoms with van der Waals surface area (Å²) in [4.78, 5) is 4.17. The summed E-state index contributed by atoms with van der Waals surface area (Å²) in [5.41, 5.74) is 2.04. The molecule has 0 fully saturated rings. The fourth-order valence-electron chi connectivity index (χ4n) is 0.695. The van der Waals surface area contributed by atoms with Gasteiger partial charge in [-0.2, -0.15) is 0 Å². The molecule has 0 aliphatic heterocycles. The number of rotatable bonds is 4. The first kappa shape index (κ1) is 9.95. The molecule has 0 aromatic carbocycles. The molecule has 2 nitrogen and oxygen atoms in total. The van der Waals surface area contributed by atoms with E-state index in [0.717, 1.165) is 17.8 Å². The van der Waals surface area contributed by atoms with E-state index in [-0.39, 0.29) is 0 Å². The smallest absolute Gasteiger partial charge is 0.0415 e. The first-order valence-electron chi connectivity index (χ1n) is 3.74. The Bertz CT molecular complexity index is 178. The lowest BCUT2D eigenvalue weighted by atomic mass is 10.2. The molecule has 0 amide bonds. The zero-order valence-electron chi connectivity index (χ0n) is 7.52. The van der Waals surface area contributed by atoms with Gasteiger partial charge in [0.2, 0.25) is 0 Å². The van der Waals surface area contributed by atoms with E-state index >= 15 is 0 Å². The normalized spacial score (nSPS) is 12.1. The van der Waals surface area contributed by atoms with Crippen molar-refractivity contribution in [1.82, 2.24) is 5.32 Å². The largest absolute Gasteiger partial charge is 0.392 e. The summed E-state index contributed by atoms with van der Waals surface area (Å²) in [6, 6.07) is 0. The Morgan fingerprint density at radius 1 is 1.55 bits per heavy atom.